The van der Waals surface area contributed by atoms with Crippen LogP contribution in [0.1, 0.15) is 60.0 Å². The van der Waals surface area contributed by atoms with Crippen molar-refractivity contribution in [3.8, 4) is 5.75 Å². The number of aromatic hydroxyl groups is 1. The molecule has 29 heavy (non-hydrogen) atoms. The number of carbonyl (C=O) groups excluding carboxylic acids is 1. The van der Waals surface area contributed by atoms with Crippen molar-refractivity contribution < 1.29 is 9.90 Å². The number of benzene rings is 1. The first kappa shape index (κ1) is 19.4. The quantitative estimate of drug-likeness (QED) is 0.866. The van der Waals surface area contributed by atoms with Gasteiger partial charge < -0.3 is 14.6 Å². The highest BCUT2D eigenvalue weighted by Gasteiger charge is 2.40. The molecule has 1 aliphatic heterocycles. The highest BCUT2D eigenvalue weighted by Crippen LogP contribution is 2.46. The summed E-state index contributed by atoms with van der Waals surface area (Å²) in [4.78, 5) is 30.8. The van der Waals surface area contributed by atoms with E-state index in [-0.39, 0.29) is 17.0 Å². The molecule has 1 saturated carbocycles. The number of rotatable bonds is 4. The number of amides is 1. The summed E-state index contributed by atoms with van der Waals surface area (Å²) in [5, 5.41) is 10.3. The van der Waals surface area contributed by atoms with Crippen molar-refractivity contribution in [3.63, 3.8) is 0 Å². The number of nitrogens with zero attached hydrogens (tertiary/aromatic N) is 3. The summed E-state index contributed by atoms with van der Waals surface area (Å²) in [5.41, 5.74) is 2.58. The number of allylic oxidation sites excluding steroid dienone is 1. The first-order chi connectivity index (χ1) is 13.8. The van der Waals surface area contributed by atoms with Gasteiger partial charge in [-0.05, 0) is 30.9 Å². The predicted octanol–water partition coefficient (Wildman–Crippen LogP) is 3.12. The molecule has 1 aliphatic carbocycles. The topological polar surface area (TPSA) is 75.4 Å². The smallest absolute Gasteiger partial charge is 0.315 e. The lowest BCUT2D eigenvalue weighted by molar-refractivity contribution is 0.0737. The Morgan fingerprint density at radius 2 is 1.90 bits per heavy atom. The summed E-state index contributed by atoms with van der Waals surface area (Å²) in [5.74, 6) is -0.298. The third-order valence-corrected chi connectivity index (χ3v) is 6.46. The SMILES string of the molecule is C=C(C)c1ccccc1C1(Cc2nc(=O)c(O)c3n2CCN(C)C3=O)CCCC1. The van der Waals surface area contributed by atoms with Gasteiger partial charge in [0.15, 0.2) is 5.69 Å². The van der Waals surface area contributed by atoms with E-state index in [9.17, 15) is 14.7 Å². The van der Waals surface area contributed by atoms with Crippen LogP contribution in [0.3, 0.4) is 0 Å². The Labute approximate surface area is 170 Å². The minimum absolute atomic E-state index is 0.0649. The average molecular weight is 393 g/mol. The largest absolute Gasteiger partial charge is 0.501 e. The zero-order chi connectivity index (χ0) is 20.8. The van der Waals surface area contributed by atoms with Crippen LogP contribution < -0.4 is 5.56 Å². The van der Waals surface area contributed by atoms with Gasteiger partial charge in [-0.15, -0.1) is 0 Å². The van der Waals surface area contributed by atoms with Crippen LogP contribution in [-0.4, -0.2) is 39.1 Å². The second-order valence-corrected chi connectivity index (χ2v) is 8.40. The molecule has 0 spiro atoms. The van der Waals surface area contributed by atoms with E-state index in [0.29, 0.717) is 25.3 Å². The second kappa shape index (κ2) is 7.17. The van der Waals surface area contributed by atoms with E-state index in [1.807, 2.05) is 19.1 Å². The van der Waals surface area contributed by atoms with Crippen LogP contribution in [0.25, 0.3) is 5.57 Å². The van der Waals surface area contributed by atoms with Crippen LogP contribution in [0, 0.1) is 0 Å². The summed E-state index contributed by atoms with van der Waals surface area (Å²) in [7, 11) is 1.68. The van der Waals surface area contributed by atoms with Gasteiger partial charge in [0.05, 0.1) is 0 Å². The first-order valence-electron chi connectivity index (χ1n) is 10.2. The van der Waals surface area contributed by atoms with Gasteiger partial charge in [-0.1, -0.05) is 49.3 Å². The molecule has 1 aromatic carbocycles. The molecular formula is C23H27N3O3. The molecule has 4 rings (SSSR count). The zero-order valence-corrected chi connectivity index (χ0v) is 17.1. The zero-order valence-electron chi connectivity index (χ0n) is 17.1. The van der Waals surface area contributed by atoms with E-state index in [1.54, 1.807) is 11.6 Å². The summed E-state index contributed by atoms with van der Waals surface area (Å²) < 4.78 is 1.75. The predicted molar refractivity (Wildman–Crippen MR) is 112 cm³/mol. The summed E-state index contributed by atoms with van der Waals surface area (Å²) in [6.07, 6.45) is 4.79. The van der Waals surface area contributed by atoms with Crippen molar-refractivity contribution in [2.45, 2.75) is 51.0 Å². The molecule has 1 N–H and O–H groups in total. The van der Waals surface area contributed by atoms with Crippen LogP contribution in [0.2, 0.25) is 0 Å². The molecule has 152 valence electrons. The highest BCUT2D eigenvalue weighted by atomic mass is 16.3. The Hall–Kier alpha value is -2.89. The van der Waals surface area contributed by atoms with Gasteiger partial charge in [0, 0.05) is 32.0 Å². The molecule has 0 bridgehead atoms. The number of carbonyl (C=O) groups is 1. The number of fused-ring (bicyclic) bond motifs is 1. The van der Waals surface area contributed by atoms with Crippen molar-refractivity contribution in [1.29, 1.82) is 0 Å². The van der Waals surface area contributed by atoms with Crippen molar-refractivity contribution >= 4 is 11.5 Å². The molecule has 2 aromatic rings. The maximum Gasteiger partial charge on any atom is 0.315 e. The Bertz CT molecular complexity index is 1050. The van der Waals surface area contributed by atoms with Crippen LogP contribution in [0.5, 0.6) is 5.75 Å². The lowest BCUT2D eigenvalue weighted by Crippen LogP contribution is -2.42. The Kier molecular flexibility index (Phi) is 4.81. The summed E-state index contributed by atoms with van der Waals surface area (Å²) in [6.45, 7) is 7.22. The van der Waals surface area contributed by atoms with Gasteiger partial charge in [0.2, 0.25) is 5.75 Å². The maximum atomic E-state index is 12.6. The molecule has 2 aliphatic rings. The van der Waals surface area contributed by atoms with Gasteiger partial charge in [0.25, 0.3) is 5.91 Å². The molecule has 1 amide bonds. The fourth-order valence-corrected chi connectivity index (χ4v) is 4.93. The summed E-state index contributed by atoms with van der Waals surface area (Å²) in [6, 6.07) is 8.33. The number of likely N-dealkylation sites (N-methyl/N-ethyl adjacent to an activating group) is 1. The normalized spacial score (nSPS) is 18.0. The molecule has 0 saturated heterocycles. The van der Waals surface area contributed by atoms with Gasteiger partial charge >= 0.3 is 5.56 Å². The van der Waals surface area contributed by atoms with Crippen molar-refractivity contribution in [2.75, 3.05) is 13.6 Å². The minimum atomic E-state index is -0.726. The average Bonchev–Trinajstić information content (AvgIpc) is 3.17. The fourth-order valence-electron chi connectivity index (χ4n) is 4.93. The third kappa shape index (κ3) is 3.16. The van der Waals surface area contributed by atoms with E-state index >= 15 is 0 Å². The third-order valence-electron chi connectivity index (χ3n) is 6.46. The van der Waals surface area contributed by atoms with Gasteiger partial charge in [0.1, 0.15) is 5.82 Å². The van der Waals surface area contributed by atoms with Crippen LogP contribution in [-0.2, 0) is 18.4 Å². The summed E-state index contributed by atoms with van der Waals surface area (Å²) >= 11 is 0. The van der Waals surface area contributed by atoms with Gasteiger partial charge in [-0.2, -0.15) is 4.98 Å². The lowest BCUT2D eigenvalue weighted by atomic mass is 9.73. The maximum absolute atomic E-state index is 12.6. The van der Waals surface area contributed by atoms with Crippen LogP contribution in [0.4, 0.5) is 0 Å². The van der Waals surface area contributed by atoms with Crippen LogP contribution in [0.15, 0.2) is 35.6 Å². The number of aromatic nitrogens is 2. The highest BCUT2D eigenvalue weighted by molar-refractivity contribution is 5.95. The fraction of sp³-hybridized carbons (Fsp3) is 0.435. The Balaban J connectivity index is 1.87. The van der Waals surface area contributed by atoms with E-state index in [0.717, 1.165) is 36.8 Å². The first-order valence-corrected chi connectivity index (χ1v) is 10.2. The number of hydrogen-bond donors (Lipinski definition) is 1. The van der Waals surface area contributed by atoms with Crippen molar-refractivity contribution in [1.82, 2.24) is 14.5 Å². The van der Waals surface area contributed by atoms with Gasteiger partial charge in [-0.3, -0.25) is 9.59 Å². The monoisotopic (exact) mass is 393 g/mol. The second-order valence-electron chi connectivity index (χ2n) is 8.40. The molecule has 6 heteroatoms. The molecular weight excluding hydrogens is 366 g/mol. The van der Waals surface area contributed by atoms with Crippen molar-refractivity contribution in [3.05, 3.63) is 63.8 Å². The Morgan fingerprint density at radius 3 is 2.59 bits per heavy atom. The standard InChI is InChI=1S/C23H27N3O3/c1-15(2)16-8-4-5-9-17(16)23(10-6-7-11-23)14-18-24-21(28)20(27)19-22(29)25(3)12-13-26(18)19/h4-5,8-9,27H,1,6-7,10-14H2,2-3H3. The van der Waals surface area contributed by atoms with Gasteiger partial charge in [-0.25, -0.2) is 0 Å². The van der Waals surface area contributed by atoms with E-state index in [1.165, 1.54) is 10.5 Å². The lowest BCUT2D eigenvalue weighted by Gasteiger charge is -2.34. The molecule has 6 nitrogen and oxygen atoms in total. The minimum Gasteiger partial charge on any atom is -0.501 e. The molecule has 0 unspecified atom stereocenters. The molecule has 0 radical (unpaired) electrons. The van der Waals surface area contributed by atoms with E-state index in [4.69, 9.17) is 0 Å². The molecule has 2 heterocycles. The number of hydrogen-bond acceptors (Lipinski definition) is 4. The van der Waals surface area contributed by atoms with Crippen molar-refractivity contribution in [2.24, 2.45) is 0 Å². The molecule has 0 atom stereocenters. The Morgan fingerprint density at radius 1 is 1.21 bits per heavy atom. The van der Waals surface area contributed by atoms with E-state index < -0.39 is 11.3 Å². The molecule has 1 aromatic heterocycles. The van der Waals surface area contributed by atoms with Crippen LogP contribution >= 0.6 is 0 Å². The molecule has 1 fully saturated rings. The van der Waals surface area contributed by atoms with E-state index in [2.05, 4.69) is 23.7 Å².